The van der Waals surface area contributed by atoms with Gasteiger partial charge in [0.05, 0.1) is 0 Å². The summed E-state index contributed by atoms with van der Waals surface area (Å²) in [4.78, 5) is 11.5. The maximum absolute atomic E-state index is 11.5. The number of hydrogen-bond donors (Lipinski definition) is 2. The maximum Gasteiger partial charge on any atom is 0.407 e. The Hall–Kier alpha value is -1.55. The highest BCUT2D eigenvalue weighted by Gasteiger charge is 2.29. The molecule has 1 aromatic carbocycles. The molecule has 0 unspecified atom stereocenters. The molecule has 1 fully saturated rings. The standard InChI is InChI=1S/C13H18N2O2/c1-14-11-7-12(8-11)15-13(16)17-9-10-5-3-2-4-6-10/h2-6,11-12,14H,7-9H2,1H3,(H,15,16). The summed E-state index contributed by atoms with van der Waals surface area (Å²) < 4.78 is 5.13. The van der Waals surface area contributed by atoms with E-state index in [2.05, 4.69) is 10.6 Å². The molecule has 0 radical (unpaired) electrons. The van der Waals surface area contributed by atoms with Gasteiger partial charge in [0.2, 0.25) is 0 Å². The molecule has 1 aromatic rings. The van der Waals surface area contributed by atoms with Crippen LogP contribution in [0.25, 0.3) is 0 Å². The monoisotopic (exact) mass is 234 g/mol. The summed E-state index contributed by atoms with van der Waals surface area (Å²) in [6.07, 6.45) is 1.64. The number of amides is 1. The zero-order valence-corrected chi connectivity index (χ0v) is 9.98. The second kappa shape index (κ2) is 5.68. The Morgan fingerprint density at radius 3 is 2.65 bits per heavy atom. The molecule has 0 saturated heterocycles. The van der Waals surface area contributed by atoms with Crippen LogP contribution in [0.3, 0.4) is 0 Å². The van der Waals surface area contributed by atoms with E-state index in [0.717, 1.165) is 18.4 Å². The topological polar surface area (TPSA) is 50.4 Å². The Morgan fingerprint density at radius 1 is 1.29 bits per heavy atom. The Bertz CT molecular complexity index is 361. The first-order valence-electron chi connectivity index (χ1n) is 5.92. The average Bonchev–Trinajstić information content (AvgIpc) is 2.32. The molecule has 0 spiro atoms. The van der Waals surface area contributed by atoms with Gasteiger partial charge in [0.25, 0.3) is 0 Å². The molecule has 2 N–H and O–H groups in total. The molecule has 1 aliphatic rings. The van der Waals surface area contributed by atoms with E-state index < -0.39 is 0 Å². The first-order chi connectivity index (χ1) is 8.28. The SMILES string of the molecule is CNC1CC(NC(=O)OCc2ccccc2)C1. The van der Waals surface area contributed by atoms with Gasteiger partial charge in [-0.15, -0.1) is 0 Å². The van der Waals surface area contributed by atoms with Crippen LogP contribution in [-0.2, 0) is 11.3 Å². The van der Waals surface area contributed by atoms with Crippen molar-refractivity contribution >= 4 is 6.09 Å². The first kappa shape index (κ1) is 11.9. The van der Waals surface area contributed by atoms with Gasteiger partial charge >= 0.3 is 6.09 Å². The van der Waals surface area contributed by atoms with Crippen molar-refractivity contribution in [1.82, 2.24) is 10.6 Å². The van der Waals surface area contributed by atoms with Gasteiger partial charge < -0.3 is 15.4 Å². The number of carbonyl (C=O) groups is 1. The largest absolute Gasteiger partial charge is 0.445 e. The second-order valence-electron chi connectivity index (χ2n) is 4.36. The molecule has 1 aliphatic carbocycles. The van der Waals surface area contributed by atoms with Crippen molar-refractivity contribution in [2.75, 3.05) is 7.05 Å². The Morgan fingerprint density at radius 2 is 2.00 bits per heavy atom. The van der Waals surface area contributed by atoms with Crippen LogP contribution in [0, 0.1) is 0 Å². The molecular weight excluding hydrogens is 216 g/mol. The fraction of sp³-hybridized carbons (Fsp3) is 0.462. The van der Waals surface area contributed by atoms with E-state index in [0.29, 0.717) is 12.6 Å². The third kappa shape index (κ3) is 3.46. The fourth-order valence-electron chi connectivity index (χ4n) is 1.90. The predicted octanol–water partition coefficient (Wildman–Crippen LogP) is 1.66. The van der Waals surface area contributed by atoms with Crippen LogP contribution in [0.4, 0.5) is 4.79 Å². The molecule has 17 heavy (non-hydrogen) atoms. The molecule has 4 nitrogen and oxygen atoms in total. The van der Waals surface area contributed by atoms with Gasteiger partial charge in [0, 0.05) is 12.1 Å². The van der Waals surface area contributed by atoms with E-state index in [1.54, 1.807) is 0 Å². The minimum absolute atomic E-state index is 0.260. The van der Waals surface area contributed by atoms with Crippen LogP contribution in [0.1, 0.15) is 18.4 Å². The van der Waals surface area contributed by atoms with Gasteiger partial charge in [-0.25, -0.2) is 4.79 Å². The summed E-state index contributed by atoms with van der Waals surface area (Å²) in [7, 11) is 1.94. The van der Waals surface area contributed by atoms with Crippen LogP contribution in [0.5, 0.6) is 0 Å². The summed E-state index contributed by atoms with van der Waals surface area (Å²) in [6, 6.07) is 10.5. The van der Waals surface area contributed by atoms with Crippen molar-refractivity contribution in [2.24, 2.45) is 0 Å². The van der Waals surface area contributed by atoms with Crippen LogP contribution >= 0.6 is 0 Å². The lowest BCUT2D eigenvalue weighted by atomic mass is 9.87. The van der Waals surface area contributed by atoms with Crippen LogP contribution in [0.2, 0.25) is 0 Å². The van der Waals surface area contributed by atoms with Crippen molar-refractivity contribution in [3.8, 4) is 0 Å². The smallest absolute Gasteiger partial charge is 0.407 e. The molecular formula is C13H18N2O2. The van der Waals surface area contributed by atoms with Crippen LogP contribution in [0.15, 0.2) is 30.3 Å². The minimum Gasteiger partial charge on any atom is -0.445 e. The van der Waals surface area contributed by atoms with E-state index in [4.69, 9.17) is 4.74 Å². The van der Waals surface area contributed by atoms with E-state index in [-0.39, 0.29) is 12.1 Å². The van der Waals surface area contributed by atoms with E-state index in [9.17, 15) is 4.79 Å². The average molecular weight is 234 g/mol. The highest BCUT2D eigenvalue weighted by Crippen LogP contribution is 2.19. The molecule has 1 saturated carbocycles. The van der Waals surface area contributed by atoms with Crippen molar-refractivity contribution in [1.29, 1.82) is 0 Å². The quantitative estimate of drug-likeness (QED) is 0.833. The van der Waals surface area contributed by atoms with Crippen LogP contribution in [-0.4, -0.2) is 25.2 Å². The van der Waals surface area contributed by atoms with Crippen LogP contribution < -0.4 is 10.6 Å². The lowest BCUT2D eigenvalue weighted by Crippen LogP contribution is -2.51. The molecule has 0 heterocycles. The molecule has 1 amide bonds. The summed E-state index contributed by atoms with van der Waals surface area (Å²) >= 11 is 0. The number of benzene rings is 1. The number of hydrogen-bond acceptors (Lipinski definition) is 3. The Balaban J connectivity index is 1.65. The number of carbonyl (C=O) groups excluding carboxylic acids is 1. The zero-order chi connectivity index (χ0) is 12.1. The minimum atomic E-state index is -0.326. The molecule has 4 heteroatoms. The summed E-state index contributed by atoms with van der Waals surface area (Å²) in [6.45, 7) is 0.328. The third-order valence-electron chi connectivity index (χ3n) is 3.08. The second-order valence-corrected chi connectivity index (χ2v) is 4.36. The van der Waals surface area contributed by atoms with E-state index in [1.807, 2.05) is 37.4 Å². The zero-order valence-electron chi connectivity index (χ0n) is 9.98. The summed E-state index contributed by atoms with van der Waals surface area (Å²) in [5.41, 5.74) is 1.00. The highest BCUT2D eigenvalue weighted by molar-refractivity contribution is 5.67. The van der Waals surface area contributed by atoms with Gasteiger partial charge in [-0.3, -0.25) is 0 Å². The summed E-state index contributed by atoms with van der Waals surface area (Å²) in [5.74, 6) is 0. The predicted molar refractivity (Wildman–Crippen MR) is 65.6 cm³/mol. The maximum atomic E-state index is 11.5. The van der Waals surface area contributed by atoms with Gasteiger partial charge in [0.15, 0.2) is 0 Å². The van der Waals surface area contributed by atoms with Gasteiger partial charge in [0.1, 0.15) is 6.61 Å². The lowest BCUT2D eigenvalue weighted by Gasteiger charge is -2.35. The fourth-order valence-corrected chi connectivity index (χ4v) is 1.90. The summed E-state index contributed by atoms with van der Waals surface area (Å²) in [5, 5.41) is 6.02. The molecule has 2 rings (SSSR count). The van der Waals surface area contributed by atoms with Crippen molar-refractivity contribution < 1.29 is 9.53 Å². The first-order valence-corrected chi connectivity index (χ1v) is 5.92. The van der Waals surface area contributed by atoms with Crippen molar-refractivity contribution in [3.05, 3.63) is 35.9 Å². The molecule has 0 atom stereocenters. The molecule has 92 valence electrons. The third-order valence-corrected chi connectivity index (χ3v) is 3.08. The van der Waals surface area contributed by atoms with E-state index >= 15 is 0 Å². The Labute approximate surface area is 101 Å². The number of rotatable bonds is 4. The molecule has 0 bridgehead atoms. The van der Waals surface area contributed by atoms with Gasteiger partial charge in [-0.2, -0.15) is 0 Å². The van der Waals surface area contributed by atoms with Gasteiger partial charge in [-0.05, 0) is 25.5 Å². The molecule has 0 aliphatic heterocycles. The van der Waals surface area contributed by atoms with Gasteiger partial charge in [-0.1, -0.05) is 30.3 Å². The normalized spacial score (nSPS) is 22.6. The highest BCUT2D eigenvalue weighted by atomic mass is 16.5. The van der Waals surface area contributed by atoms with Crippen molar-refractivity contribution in [2.45, 2.75) is 31.5 Å². The van der Waals surface area contributed by atoms with Crippen molar-refractivity contribution in [3.63, 3.8) is 0 Å². The number of alkyl carbamates (subject to hydrolysis) is 1. The number of ether oxygens (including phenoxy) is 1. The molecule has 0 aromatic heterocycles. The van der Waals surface area contributed by atoms with E-state index in [1.165, 1.54) is 0 Å². The Kier molecular flexibility index (Phi) is 3.98. The lowest BCUT2D eigenvalue weighted by molar-refractivity contribution is 0.126. The number of nitrogens with one attached hydrogen (secondary N) is 2.